The molecule has 2 aliphatic rings. The Labute approximate surface area is 145 Å². The topological polar surface area (TPSA) is 95.6 Å². The van der Waals surface area contributed by atoms with Crippen LogP contribution in [-0.4, -0.2) is 41.1 Å². The number of carbonyl (C=O) groups excluding carboxylic acids is 4. The number of imide groups is 1. The van der Waals surface area contributed by atoms with Crippen LogP contribution in [0, 0.1) is 5.92 Å². The van der Waals surface area contributed by atoms with Crippen molar-refractivity contribution in [3.63, 3.8) is 0 Å². The molecule has 4 amide bonds. The second kappa shape index (κ2) is 6.66. The molecule has 3 rings (SSSR count). The summed E-state index contributed by atoms with van der Waals surface area (Å²) in [6.07, 6.45) is 0.511. The second-order valence-electron chi connectivity index (χ2n) is 6.84. The fraction of sp³-hybridized carbons (Fsp3) is 0.444. The molecule has 1 atom stereocenters. The number of nitrogens with zero attached hydrogens (tertiary/aromatic N) is 1. The van der Waals surface area contributed by atoms with Crippen molar-refractivity contribution in [3.05, 3.63) is 34.9 Å². The van der Waals surface area contributed by atoms with Crippen molar-refractivity contribution in [2.45, 2.75) is 39.3 Å². The van der Waals surface area contributed by atoms with Gasteiger partial charge in [-0.05, 0) is 30.0 Å². The van der Waals surface area contributed by atoms with Crippen LogP contribution in [0.1, 0.15) is 53.0 Å². The number of benzene rings is 1. The number of nitrogens with one attached hydrogen (secondary N) is 2. The molecule has 0 radical (unpaired) electrons. The number of rotatable bonds is 4. The summed E-state index contributed by atoms with van der Waals surface area (Å²) >= 11 is 0. The Kier molecular flexibility index (Phi) is 4.57. The third kappa shape index (κ3) is 3.26. The first kappa shape index (κ1) is 17.1. The van der Waals surface area contributed by atoms with Gasteiger partial charge in [-0.2, -0.15) is 0 Å². The van der Waals surface area contributed by atoms with Crippen molar-refractivity contribution >= 4 is 23.6 Å². The lowest BCUT2D eigenvalue weighted by molar-refractivity contribution is -0.136. The summed E-state index contributed by atoms with van der Waals surface area (Å²) in [6, 6.07) is 4.36. The lowest BCUT2D eigenvalue weighted by atomic mass is 10.0. The van der Waals surface area contributed by atoms with Gasteiger partial charge in [0, 0.05) is 30.6 Å². The predicted octanol–water partition coefficient (Wildman–Crippen LogP) is 0.833. The summed E-state index contributed by atoms with van der Waals surface area (Å²) in [6.45, 7) is 4.76. The van der Waals surface area contributed by atoms with Crippen molar-refractivity contribution in [1.29, 1.82) is 0 Å². The van der Waals surface area contributed by atoms with Crippen molar-refractivity contribution in [3.8, 4) is 0 Å². The Bertz CT molecular complexity index is 757. The van der Waals surface area contributed by atoms with E-state index in [9.17, 15) is 19.2 Å². The lowest BCUT2D eigenvalue weighted by Gasteiger charge is -2.29. The Morgan fingerprint density at radius 2 is 2.08 bits per heavy atom. The van der Waals surface area contributed by atoms with Crippen LogP contribution < -0.4 is 10.6 Å². The molecular weight excluding hydrogens is 322 g/mol. The van der Waals surface area contributed by atoms with Gasteiger partial charge < -0.3 is 10.2 Å². The molecule has 1 unspecified atom stereocenters. The van der Waals surface area contributed by atoms with Crippen LogP contribution in [-0.2, 0) is 16.1 Å². The summed E-state index contributed by atoms with van der Waals surface area (Å²) in [5.74, 6) is -0.948. The fourth-order valence-electron chi connectivity index (χ4n) is 3.19. The molecule has 7 nitrogen and oxygen atoms in total. The summed E-state index contributed by atoms with van der Waals surface area (Å²) in [5, 5.41) is 5.13. The monoisotopic (exact) mass is 343 g/mol. The molecule has 7 heteroatoms. The van der Waals surface area contributed by atoms with E-state index >= 15 is 0 Å². The van der Waals surface area contributed by atoms with E-state index in [1.807, 2.05) is 13.8 Å². The first-order chi connectivity index (χ1) is 11.9. The Balaban J connectivity index is 1.84. The molecule has 0 bridgehead atoms. The molecule has 132 valence electrons. The molecule has 1 aromatic rings. The minimum Gasteiger partial charge on any atom is -0.352 e. The molecule has 0 aromatic heterocycles. The van der Waals surface area contributed by atoms with Crippen molar-refractivity contribution in [2.75, 3.05) is 6.54 Å². The molecule has 25 heavy (non-hydrogen) atoms. The highest BCUT2D eigenvalue weighted by Gasteiger charge is 2.40. The van der Waals surface area contributed by atoms with Crippen LogP contribution in [0.25, 0.3) is 0 Å². The maximum atomic E-state index is 12.7. The smallest absolute Gasteiger partial charge is 0.255 e. The molecule has 2 N–H and O–H groups in total. The normalized spacial score (nSPS) is 19.9. The van der Waals surface area contributed by atoms with Crippen molar-refractivity contribution in [1.82, 2.24) is 15.5 Å². The highest BCUT2D eigenvalue weighted by molar-refractivity contribution is 6.07. The van der Waals surface area contributed by atoms with E-state index in [1.54, 1.807) is 18.2 Å². The zero-order chi connectivity index (χ0) is 18.1. The van der Waals surface area contributed by atoms with E-state index in [0.29, 0.717) is 35.6 Å². The molecule has 2 aliphatic heterocycles. The number of carbonyl (C=O) groups is 4. The third-order valence-corrected chi connectivity index (χ3v) is 4.50. The van der Waals surface area contributed by atoms with Gasteiger partial charge >= 0.3 is 0 Å². The Morgan fingerprint density at radius 1 is 1.32 bits per heavy atom. The standard InChI is InChI=1S/C18H21N3O4/c1-10(2)8-19-16(23)11-4-3-5-12-13(11)9-21(18(12)25)14-6-7-15(22)20-17(14)24/h3-5,10,14H,6-9H2,1-2H3,(H,19,23)(H,20,22,24). The maximum Gasteiger partial charge on any atom is 0.255 e. The quantitative estimate of drug-likeness (QED) is 0.792. The molecular formula is C18H21N3O4. The molecule has 0 spiro atoms. The zero-order valence-electron chi connectivity index (χ0n) is 14.3. The molecule has 2 heterocycles. The molecule has 0 aliphatic carbocycles. The summed E-state index contributed by atoms with van der Waals surface area (Å²) < 4.78 is 0. The number of amides is 4. The van der Waals surface area contributed by atoms with Gasteiger partial charge in [-0.3, -0.25) is 24.5 Å². The maximum absolute atomic E-state index is 12.7. The summed E-state index contributed by atoms with van der Waals surface area (Å²) in [4.78, 5) is 50.0. The van der Waals surface area contributed by atoms with Crippen LogP contribution in [0.3, 0.4) is 0 Å². The van der Waals surface area contributed by atoms with Crippen molar-refractivity contribution in [2.24, 2.45) is 5.92 Å². The highest BCUT2D eigenvalue weighted by atomic mass is 16.2. The summed E-state index contributed by atoms with van der Waals surface area (Å²) in [5.41, 5.74) is 1.54. The van der Waals surface area contributed by atoms with Crippen LogP contribution in [0.5, 0.6) is 0 Å². The Hall–Kier alpha value is -2.70. The van der Waals surface area contributed by atoms with Crippen LogP contribution >= 0.6 is 0 Å². The number of hydrogen-bond acceptors (Lipinski definition) is 4. The zero-order valence-corrected chi connectivity index (χ0v) is 14.3. The van der Waals surface area contributed by atoms with Crippen LogP contribution in [0.2, 0.25) is 0 Å². The molecule has 0 saturated carbocycles. The fourth-order valence-corrected chi connectivity index (χ4v) is 3.19. The van der Waals surface area contributed by atoms with Crippen molar-refractivity contribution < 1.29 is 19.2 Å². The Morgan fingerprint density at radius 3 is 2.76 bits per heavy atom. The number of hydrogen-bond donors (Lipinski definition) is 2. The highest BCUT2D eigenvalue weighted by Crippen LogP contribution is 2.29. The largest absolute Gasteiger partial charge is 0.352 e. The average Bonchev–Trinajstić information content (AvgIpc) is 2.89. The minimum atomic E-state index is -0.677. The van der Waals surface area contributed by atoms with Gasteiger partial charge in [0.05, 0.1) is 0 Å². The van der Waals surface area contributed by atoms with Gasteiger partial charge in [-0.15, -0.1) is 0 Å². The van der Waals surface area contributed by atoms with Crippen LogP contribution in [0.15, 0.2) is 18.2 Å². The van der Waals surface area contributed by atoms with Gasteiger partial charge in [0.1, 0.15) is 6.04 Å². The van der Waals surface area contributed by atoms with Gasteiger partial charge in [-0.1, -0.05) is 19.9 Å². The number of piperidine rings is 1. The van der Waals surface area contributed by atoms with E-state index < -0.39 is 11.9 Å². The van der Waals surface area contributed by atoms with E-state index in [2.05, 4.69) is 10.6 Å². The van der Waals surface area contributed by atoms with Gasteiger partial charge in [0.25, 0.3) is 11.8 Å². The van der Waals surface area contributed by atoms with Gasteiger partial charge in [-0.25, -0.2) is 0 Å². The molecule has 1 saturated heterocycles. The minimum absolute atomic E-state index is 0.200. The SMILES string of the molecule is CC(C)CNC(=O)c1cccc2c1CN(C1CCC(=O)NC1=O)C2=O. The lowest BCUT2D eigenvalue weighted by Crippen LogP contribution is -2.52. The molecule has 1 fully saturated rings. The van der Waals surface area contributed by atoms with E-state index in [0.717, 1.165) is 0 Å². The second-order valence-corrected chi connectivity index (χ2v) is 6.84. The average molecular weight is 343 g/mol. The predicted molar refractivity (Wildman–Crippen MR) is 89.7 cm³/mol. The van der Waals surface area contributed by atoms with Gasteiger partial charge in [0.15, 0.2) is 0 Å². The summed E-state index contributed by atoms with van der Waals surface area (Å²) in [7, 11) is 0. The van der Waals surface area contributed by atoms with E-state index in [-0.39, 0.29) is 30.7 Å². The van der Waals surface area contributed by atoms with E-state index in [4.69, 9.17) is 0 Å². The first-order valence-corrected chi connectivity index (χ1v) is 8.43. The first-order valence-electron chi connectivity index (χ1n) is 8.43. The van der Waals surface area contributed by atoms with Crippen LogP contribution in [0.4, 0.5) is 0 Å². The third-order valence-electron chi connectivity index (χ3n) is 4.50. The van der Waals surface area contributed by atoms with E-state index in [1.165, 1.54) is 4.90 Å². The molecule has 1 aromatic carbocycles. The van der Waals surface area contributed by atoms with Gasteiger partial charge in [0.2, 0.25) is 11.8 Å². The number of fused-ring (bicyclic) bond motifs is 1.